The molecule has 7 heteroatoms. The van der Waals surface area contributed by atoms with Crippen LogP contribution >= 0.6 is 0 Å². The lowest BCUT2D eigenvalue weighted by Gasteiger charge is -2.34. The zero-order valence-corrected chi connectivity index (χ0v) is 24.3. The lowest BCUT2D eigenvalue weighted by molar-refractivity contribution is 0.0686. The van der Waals surface area contributed by atoms with Crippen LogP contribution in [0.2, 0.25) is 0 Å². The van der Waals surface area contributed by atoms with Crippen molar-refractivity contribution in [2.24, 2.45) is 5.41 Å². The number of nitrogens with zero attached hydrogens (tertiary/aromatic N) is 2. The third-order valence-corrected chi connectivity index (χ3v) is 8.53. The second-order valence-electron chi connectivity index (χ2n) is 11.8. The number of rotatable bonds is 7. The van der Waals surface area contributed by atoms with Gasteiger partial charge in [-0.1, -0.05) is 55.5 Å². The number of Topliss-reactive ketones (excluding diaryl/α,β-unsaturated/α-hetero) is 1. The number of aryl methyl sites for hydroxylation is 1. The van der Waals surface area contributed by atoms with Crippen molar-refractivity contribution in [3.8, 4) is 22.6 Å². The number of carboxylic acids is 2. The van der Waals surface area contributed by atoms with Gasteiger partial charge in [-0.2, -0.15) is 0 Å². The van der Waals surface area contributed by atoms with Gasteiger partial charge in [-0.3, -0.25) is 4.79 Å². The largest absolute Gasteiger partial charge is 0.478 e. The molecule has 0 spiro atoms. The maximum absolute atomic E-state index is 13.6. The molecular weight excluding hydrogens is 540 g/mol. The van der Waals surface area contributed by atoms with E-state index in [1.54, 1.807) is 30.3 Å². The summed E-state index contributed by atoms with van der Waals surface area (Å²) in [5, 5.41) is 19.6. The van der Waals surface area contributed by atoms with Crippen molar-refractivity contribution in [3.05, 3.63) is 130 Å². The lowest BCUT2D eigenvalue weighted by Crippen LogP contribution is -2.32. The minimum Gasteiger partial charge on any atom is -0.478 e. The Labute approximate surface area is 249 Å². The Bertz CT molecular complexity index is 1910. The molecule has 3 aromatic carbocycles. The number of carbonyl (C=O) groups excluding carboxylic acids is 1. The summed E-state index contributed by atoms with van der Waals surface area (Å²) in [6.07, 6.45) is 1.59. The van der Waals surface area contributed by atoms with E-state index < -0.39 is 17.4 Å². The van der Waals surface area contributed by atoms with Gasteiger partial charge in [0, 0.05) is 34.8 Å². The van der Waals surface area contributed by atoms with Gasteiger partial charge in [0.05, 0.1) is 22.5 Å². The van der Waals surface area contributed by atoms with Gasteiger partial charge in [0.25, 0.3) is 0 Å². The summed E-state index contributed by atoms with van der Waals surface area (Å²) in [5.41, 5.74) is 7.56. The van der Waals surface area contributed by atoms with E-state index in [-0.39, 0.29) is 16.9 Å². The highest BCUT2D eigenvalue weighted by Gasteiger charge is 2.38. The van der Waals surface area contributed by atoms with E-state index in [2.05, 4.69) is 13.0 Å². The van der Waals surface area contributed by atoms with Gasteiger partial charge in [-0.25, -0.2) is 9.59 Å². The Balaban J connectivity index is 1.45. The fraction of sp³-hybridized carbons (Fsp3) is 0.194. The van der Waals surface area contributed by atoms with Crippen LogP contribution in [-0.4, -0.2) is 37.1 Å². The van der Waals surface area contributed by atoms with Gasteiger partial charge in [0.15, 0.2) is 5.78 Å². The zero-order valence-electron chi connectivity index (χ0n) is 24.3. The molecule has 0 aliphatic heterocycles. The second-order valence-corrected chi connectivity index (χ2v) is 11.8. The number of aromatic nitrogens is 2. The SMILES string of the molecule is Cc1cc2c(n1-c1cccc(C(=O)O)c1)CC(C)(Cc1cc(-c3ccccc3)n(-c3ccccc3C(=O)O)c1C)CC2=O. The standard InChI is InChI=1S/C36H32N2O5/c1-22-16-29-32(37(22)27-13-9-12-25(17-27)34(40)41)20-36(3,21-33(29)39)19-26-18-31(24-10-5-4-6-11-24)38(23(26)2)30-15-8-7-14-28(30)35(42)43/h4-18H,19-21H2,1-3H3,(H,40,41)(H,42,43). The van der Waals surface area contributed by atoms with E-state index in [0.29, 0.717) is 30.5 Å². The van der Waals surface area contributed by atoms with Crippen LogP contribution in [0.1, 0.15) is 67.1 Å². The highest BCUT2D eigenvalue weighted by molar-refractivity contribution is 5.99. The molecule has 0 saturated heterocycles. The molecule has 1 atom stereocenters. The molecule has 216 valence electrons. The smallest absolute Gasteiger partial charge is 0.337 e. The monoisotopic (exact) mass is 572 g/mol. The predicted octanol–water partition coefficient (Wildman–Crippen LogP) is 7.33. The normalized spacial score (nSPS) is 16.2. The highest BCUT2D eigenvalue weighted by Crippen LogP contribution is 2.42. The van der Waals surface area contributed by atoms with Crippen LogP contribution in [0.3, 0.4) is 0 Å². The summed E-state index contributed by atoms with van der Waals surface area (Å²) in [6.45, 7) is 6.06. The van der Waals surface area contributed by atoms with Gasteiger partial charge in [0.1, 0.15) is 0 Å². The van der Waals surface area contributed by atoms with Gasteiger partial charge in [0.2, 0.25) is 0 Å². The summed E-state index contributed by atoms with van der Waals surface area (Å²) in [6, 6.07) is 27.7. The molecule has 1 unspecified atom stereocenters. The zero-order chi connectivity index (χ0) is 30.5. The number of benzene rings is 3. The Morgan fingerprint density at radius 1 is 0.814 bits per heavy atom. The number of ketones is 1. The van der Waals surface area contributed by atoms with Gasteiger partial charge in [-0.05, 0) is 85.7 Å². The number of fused-ring (bicyclic) bond motifs is 1. The molecule has 0 fully saturated rings. The molecule has 5 aromatic rings. The van der Waals surface area contributed by atoms with E-state index in [1.165, 1.54) is 0 Å². The van der Waals surface area contributed by atoms with Crippen LogP contribution in [0.25, 0.3) is 22.6 Å². The maximum atomic E-state index is 13.6. The molecule has 43 heavy (non-hydrogen) atoms. The molecule has 0 amide bonds. The first kappa shape index (κ1) is 28.0. The first-order valence-corrected chi connectivity index (χ1v) is 14.2. The maximum Gasteiger partial charge on any atom is 0.337 e. The molecule has 1 aliphatic rings. The van der Waals surface area contributed by atoms with Crippen molar-refractivity contribution in [2.45, 2.75) is 40.0 Å². The van der Waals surface area contributed by atoms with Crippen molar-refractivity contribution < 1.29 is 24.6 Å². The van der Waals surface area contributed by atoms with E-state index in [0.717, 1.165) is 39.6 Å². The third kappa shape index (κ3) is 4.97. The number of carboxylic acid groups (broad SMARTS) is 2. The quantitative estimate of drug-likeness (QED) is 0.213. The molecule has 2 N–H and O–H groups in total. The van der Waals surface area contributed by atoms with Crippen molar-refractivity contribution >= 4 is 17.7 Å². The summed E-state index contributed by atoms with van der Waals surface area (Å²) in [5.74, 6) is -1.93. The average molecular weight is 573 g/mol. The average Bonchev–Trinajstić information content (AvgIpc) is 3.48. The number of hydrogen-bond acceptors (Lipinski definition) is 3. The van der Waals surface area contributed by atoms with E-state index in [4.69, 9.17) is 0 Å². The summed E-state index contributed by atoms with van der Waals surface area (Å²) < 4.78 is 4.02. The van der Waals surface area contributed by atoms with Crippen LogP contribution in [0, 0.1) is 19.3 Å². The second kappa shape index (κ2) is 10.6. The van der Waals surface area contributed by atoms with Crippen molar-refractivity contribution in [3.63, 3.8) is 0 Å². The van der Waals surface area contributed by atoms with Crippen LogP contribution in [-0.2, 0) is 12.8 Å². The highest BCUT2D eigenvalue weighted by atomic mass is 16.4. The van der Waals surface area contributed by atoms with Gasteiger partial charge in [-0.15, -0.1) is 0 Å². The van der Waals surface area contributed by atoms with E-state index >= 15 is 0 Å². The van der Waals surface area contributed by atoms with E-state index in [9.17, 15) is 24.6 Å². The van der Waals surface area contributed by atoms with Crippen LogP contribution in [0.5, 0.6) is 0 Å². The molecule has 2 heterocycles. The number of carbonyl (C=O) groups is 3. The first-order valence-electron chi connectivity index (χ1n) is 14.2. The Hall–Kier alpha value is -5.17. The first-order chi connectivity index (χ1) is 20.6. The number of hydrogen-bond donors (Lipinski definition) is 2. The number of para-hydroxylation sites is 1. The third-order valence-electron chi connectivity index (χ3n) is 8.53. The van der Waals surface area contributed by atoms with E-state index in [1.807, 2.05) is 77.6 Å². The Morgan fingerprint density at radius 2 is 1.53 bits per heavy atom. The van der Waals surface area contributed by atoms with Gasteiger partial charge >= 0.3 is 11.9 Å². The van der Waals surface area contributed by atoms with Crippen molar-refractivity contribution in [1.82, 2.24) is 9.13 Å². The molecule has 7 nitrogen and oxygen atoms in total. The topological polar surface area (TPSA) is 102 Å². The lowest BCUT2D eigenvalue weighted by atomic mass is 9.71. The molecule has 1 aliphatic carbocycles. The predicted molar refractivity (Wildman–Crippen MR) is 165 cm³/mol. The number of aromatic carboxylic acids is 2. The molecule has 0 radical (unpaired) electrons. The minimum atomic E-state index is -1.000. The molecule has 0 saturated carbocycles. The Morgan fingerprint density at radius 3 is 2.26 bits per heavy atom. The summed E-state index contributed by atoms with van der Waals surface area (Å²) in [4.78, 5) is 37.5. The van der Waals surface area contributed by atoms with Crippen LogP contribution < -0.4 is 0 Å². The van der Waals surface area contributed by atoms with Crippen LogP contribution in [0.15, 0.2) is 91.0 Å². The van der Waals surface area contributed by atoms with Crippen LogP contribution in [0.4, 0.5) is 0 Å². The van der Waals surface area contributed by atoms with Crippen molar-refractivity contribution in [1.29, 1.82) is 0 Å². The fourth-order valence-corrected chi connectivity index (χ4v) is 6.60. The molecule has 6 rings (SSSR count). The molecular formula is C36H32N2O5. The summed E-state index contributed by atoms with van der Waals surface area (Å²) >= 11 is 0. The molecule has 2 aromatic heterocycles. The Kier molecular flexibility index (Phi) is 6.89. The van der Waals surface area contributed by atoms with Gasteiger partial charge < -0.3 is 19.3 Å². The fourth-order valence-electron chi connectivity index (χ4n) is 6.60. The minimum absolute atomic E-state index is 0.0663. The van der Waals surface area contributed by atoms with Crippen molar-refractivity contribution in [2.75, 3.05) is 0 Å². The summed E-state index contributed by atoms with van der Waals surface area (Å²) in [7, 11) is 0. The molecule has 0 bridgehead atoms.